The first-order valence-corrected chi connectivity index (χ1v) is 11.5. The van der Waals surface area contributed by atoms with Crippen LogP contribution in [0.5, 0.6) is 0 Å². The maximum atomic E-state index is 12.7. The number of nitrogens with zero attached hydrogens (tertiary/aromatic N) is 1. The zero-order valence-corrected chi connectivity index (χ0v) is 17.3. The van der Waals surface area contributed by atoms with E-state index in [1.54, 1.807) is 24.3 Å². The van der Waals surface area contributed by atoms with Crippen molar-refractivity contribution in [3.05, 3.63) is 70.7 Å². The Morgan fingerprint density at radius 3 is 2.36 bits per heavy atom. The first kappa shape index (κ1) is 20.8. The van der Waals surface area contributed by atoms with E-state index in [1.165, 1.54) is 9.87 Å². The summed E-state index contributed by atoms with van der Waals surface area (Å²) in [5.41, 5.74) is 1.79. The van der Waals surface area contributed by atoms with Crippen LogP contribution in [0, 0.1) is 5.92 Å². The Morgan fingerprint density at radius 2 is 1.68 bits per heavy atom. The molecular formula is C21H25ClN2O3S. The van der Waals surface area contributed by atoms with Crippen molar-refractivity contribution in [2.75, 3.05) is 19.6 Å². The van der Waals surface area contributed by atoms with Crippen LogP contribution in [0.4, 0.5) is 0 Å². The molecule has 0 aliphatic carbocycles. The SMILES string of the molecule is O=C(NCCc1ccccc1)C1CCN(S(=O)(=O)Cc2ccccc2Cl)CC1. The summed E-state index contributed by atoms with van der Waals surface area (Å²) in [5.74, 6) is -0.234. The molecule has 28 heavy (non-hydrogen) atoms. The predicted octanol–water partition coefficient (Wildman–Crippen LogP) is 3.24. The van der Waals surface area contributed by atoms with Gasteiger partial charge in [-0.05, 0) is 36.5 Å². The lowest BCUT2D eigenvalue weighted by atomic mass is 9.97. The molecule has 1 fully saturated rings. The highest BCUT2D eigenvalue weighted by Crippen LogP contribution is 2.24. The number of piperidine rings is 1. The molecule has 0 atom stereocenters. The van der Waals surface area contributed by atoms with Gasteiger partial charge in [0.05, 0.1) is 5.75 Å². The van der Waals surface area contributed by atoms with E-state index in [1.807, 2.05) is 30.3 Å². The Hall–Kier alpha value is -1.89. The molecule has 5 nitrogen and oxygen atoms in total. The van der Waals surface area contributed by atoms with Crippen LogP contribution in [0.15, 0.2) is 54.6 Å². The molecule has 1 amide bonds. The van der Waals surface area contributed by atoms with Crippen molar-refractivity contribution in [1.29, 1.82) is 0 Å². The number of nitrogens with one attached hydrogen (secondary N) is 1. The van der Waals surface area contributed by atoms with E-state index in [-0.39, 0.29) is 17.6 Å². The largest absolute Gasteiger partial charge is 0.356 e. The second-order valence-electron chi connectivity index (χ2n) is 7.05. The van der Waals surface area contributed by atoms with E-state index in [0.717, 1.165) is 6.42 Å². The molecule has 1 heterocycles. The monoisotopic (exact) mass is 420 g/mol. The topological polar surface area (TPSA) is 66.5 Å². The van der Waals surface area contributed by atoms with Crippen molar-refractivity contribution >= 4 is 27.5 Å². The van der Waals surface area contributed by atoms with Crippen molar-refractivity contribution in [2.45, 2.75) is 25.0 Å². The number of carbonyl (C=O) groups excluding carboxylic acids is 1. The molecule has 150 valence electrons. The first-order chi connectivity index (χ1) is 13.5. The summed E-state index contributed by atoms with van der Waals surface area (Å²) >= 11 is 6.09. The minimum Gasteiger partial charge on any atom is -0.356 e. The predicted molar refractivity (Wildman–Crippen MR) is 112 cm³/mol. The van der Waals surface area contributed by atoms with Gasteiger partial charge in [-0.25, -0.2) is 12.7 Å². The van der Waals surface area contributed by atoms with Crippen LogP contribution in [0.3, 0.4) is 0 Å². The minimum absolute atomic E-state index is 0.0130. The number of benzene rings is 2. The van der Waals surface area contributed by atoms with Gasteiger partial charge in [-0.2, -0.15) is 0 Å². The lowest BCUT2D eigenvalue weighted by molar-refractivity contribution is -0.126. The van der Waals surface area contributed by atoms with Gasteiger partial charge >= 0.3 is 0 Å². The summed E-state index contributed by atoms with van der Waals surface area (Å²) in [6.07, 6.45) is 1.87. The normalized spacial score (nSPS) is 16.0. The molecule has 3 rings (SSSR count). The highest BCUT2D eigenvalue weighted by atomic mass is 35.5. The van der Waals surface area contributed by atoms with Crippen molar-refractivity contribution < 1.29 is 13.2 Å². The number of rotatable bonds is 7. The zero-order chi connectivity index (χ0) is 20.0. The Morgan fingerprint density at radius 1 is 1.04 bits per heavy atom. The molecule has 0 unspecified atom stereocenters. The molecule has 0 aromatic heterocycles. The van der Waals surface area contributed by atoms with E-state index < -0.39 is 10.0 Å². The standard InChI is InChI=1S/C21H25ClN2O3S/c22-20-9-5-4-8-19(20)16-28(26,27)24-14-11-18(12-15-24)21(25)23-13-10-17-6-2-1-3-7-17/h1-9,18H,10-16H2,(H,23,25). The van der Waals surface area contributed by atoms with Gasteiger partial charge in [-0.3, -0.25) is 4.79 Å². The second-order valence-corrected chi connectivity index (χ2v) is 9.42. The smallest absolute Gasteiger partial charge is 0.223 e. The average Bonchev–Trinajstić information content (AvgIpc) is 2.70. The molecule has 0 radical (unpaired) electrons. The van der Waals surface area contributed by atoms with Crippen LogP contribution in [0.2, 0.25) is 5.02 Å². The average molecular weight is 421 g/mol. The van der Waals surface area contributed by atoms with Gasteiger partial charge in [0.1, 0.15) is 0 Å². The number of hydrogen-bond acceptors (Lipinski definition) is 3. The summed E-state index contributed by atoms with van der Waals surface area (Å²) in [6.45, 7) is 1.32. The summed E-state index contributed by atoms with van der Waals surface area (Å²) in [6, 6.07) is 17.0. The highest BCUT2D eigenvalue weighted by Gasteiger charge is 2.31. The van der Waals surface area contributed by atoms with E-state index in [4.69, 9.17) is 11.6 Å². The van der Waals surface area contributed by atoms with E-state index in [2.05, 4.69) is 5.32 Å². The zero-order valence-electron chi connectivity index (χ0n) is 15.7. The van der Waals surface area contributed by atoms with Crippen molar-refractivity contribution in [2.24, 2.45) is 5.92 Å². The fourth-order valence-corrected chi connectivity index (χ4v) is 5.29. The van der Waals surface area contributed by atoms with Crippen LogP contribution >= 0.6 is 11.6 Å². The number of amides is 1. The Bertz CT molecular complexity index is 895. The molecule has 1 saturated heterocycles. The molecule has 1 aliphatic rings. The molecular weight excluding hydrogens is 396 g/mol. The quantitative estimate of drug-likeness (QED) is 0.747. The van der Waals surface area contributed by atoms with Gasteiger partial charge in [0.15, 0.2) is 0 Å². The van der Waals surface area contributed by atoms with Gasteiger partial charge < -0.3 is 5.32 Å². The number of carbonyl (C=O) groups is 1. The van der Waals surface area contributed by atoms with Crippen LogP contribution in [0.25, 0.3) is 0 Å². The Labute approximate surface area is 171 Å². The third kappa shape index (κ3) is 5.56. The maximum absolute atomic E-state index is 12.7. The highest BCUT2D eigenvalue weighted by molar-refractivity contribution is 7.88. The minimum atomic E-state index is -3.44. The van der Waals surface area contributed by atoms with Crippen LogP contribution in [-0.4, -0.2) is 38.3 Å². The lowest BCUT2D eigenvalue weighted by Gasteiger charge is -2.30. The first-order valence-electron chi connectivity index (χ1n) is 9.48. The van der Waals surface area contributed by atoms with Gasteiger partial charge in [-0.1, -0.05) is 60.1 Å². The summed E-state index contributed by atoms with van der Waals surface area (Å²) in [7, 11) is -3.44. The second kappa shape index (κ2) is 9.54. The molecule has 7 heteroatoms. The third-order valence-electron chi connectivity index (χ3n) is 5.07. The number of sulfonamides is 1. The summed E-state index contributed by atoms with van der Waals surface area (Å²) in [5, 5.41) is 3.43. The number of halogens is 1. The van der Waals surface area contributed by atoms with Gasteiger partial charge in [-0.15, -0.1) is 0 Å². The van der Waals surface area contributed by atoms with Crippen LogP contribution in [0.1, 0.15) is 24.0 Å². The summed E-state index contributed by atoms with van der Waals surface area (Å²) in [4.78, 5) is 12.4. The van der Waals surface area contributed by atoms with Gasteiger partial charge in [0, 0.05) is 30.6 Å². The van der Waals surface area contributed by atoms with Gasteiger partial charge in [0.25, 0.3) is 0 Å². The molecule has 0 saturated carbocycles. The summed E-state index contributed by atoms with van der Waals surface area (Å²) < 4.78 is 26.8. The van der Waals surface area contributed by atoms with E-state index in [9.17, 15) is 13.2 Å². The van der Waals surface area contributed by atoms with Crippen molar-refractivity contribution in [3.8, 4) is 0 Å². The Kier molecular flexibility index (Phi) is 7.10. The molecule has 1 N–H and O–H groups in total. The maximum Gasteiger partial charge on any atom is 0.223 e. The van der Waals surface area contributed by atoms with E-state index >= 15 is 0 Å². The van der Waals surface area contributed by atoms with Crippen molar-refractivity contribution in [1.82, 2.24) is 9.62 Å². The van der Waals surface area contributed by atoms with Crippen LogP contribution < -0.4 is 5.32 Å². The van der Waals surface area contributed by atoms with Crippen LogP contribution in [-0.2, 0) is 27.0 Å². The molecule has 2 aromatic carbocycles. The Balaban J connectivity index is 1.47. The number of hydrogen-bond donors (Lipinski definition) is 1. The van der Waals surface area contributed by atoms with E-state index in [0.29, 0.717) is 43.1 Å². The lowest BCUT2D eigenvalue weighted by Crippen LogP contribution is -2.43. The molecule has 1 aliphatic heterocycles. The van der Waals surface area contributed by atoms with Gasteiger partial charge in [0.2, 0.25) is 15.9 Å². The third-order valence-corrected chi connectivity index (χ3v) is 7.27. The fraction of sp³-hybridized carbons (Fsp3) is 0.381. The fourth-order valence-electron chi connectivity index (χ4n) is 3.42. The van der Waals surface area contributed by atoms with Crippen molar-refractivity contribution in [3.63, 3.8) is 0 Å². The molecule has 0 spiro atoms. The molecule has 2 aromatic rings. The molecule has 0 bridgehead atoms.